The summed E-state index contributed by atoms with van der Waals surface area (Å²) < 4.78 is 1.98. The molecule has 0 amide bonds. The lowest BCUT2D eigenvalue weighted by atomic mass is 10.0. The molecule has 0 bridgehead atoms. The van der Waals surface area contributed by atoms with E-state index in [1.54, 1.807) is 0 Å². The van der Waals surface area contributed by atoms with Crippen LogP contribution in [0.5, 0.6) is 0 Å². The summed E-state index contributed by atoms with van der Waals surface area (Å²) in [5.41, 5.74) is 4.66. The molecule has 0 spiro atoms. The van der Waals surface area contributed by atoms with Gasteiger partial charge in [0.25, 0.3) is 0 Å². The molecule has 1 heterocycles. The lowest BCUT2D eigenvalue weighted by molar-refractivity contribution is 0.174. The summed E-state index contributed by atoms with van der Waals surface area (Å²) in [5.74, 6) is 0. The zero-order valence-corrected chi connectivity index (χ0v) is 13.5. The van der Waals surface area contributed by atoms with Crippen molar-refractivity contribution in [3.8, 4) is 0 Å². The second-order valence-electron chi connectivity index (χ2n) is 6.10. The Bertz CT molecular complexity index is 568. The zero-order valence-electron chi connectivity index (χ0n) is 13.5. The largest absolute Gasteiger partial charge is 0.392 e. The fourth-order valence-electron chi connectivity index (χ4n) is 2.69. The molecule has 0 aliphatic heterocycles. The number of aliphatic hydroxyl groups excluding tert-OH is 1. The predicted octanol–water partition coefficient (Wildman–Crippen LogP) is 3.62. The van der Waals surface area contributed by atoms with Gasteiger partial charge in [-0.25, -0.2) is 0 Å². The van der Waals surface area contributed by atoms with Gasteiger partial charge in [-0.1, -0.05) is 36.2 Å². The van der Waals surface area contributed by atoms with Gasteiger partial charge in [0.2, 0.25) is 0 Å². The molecule has 1 aromatic carbocycles. The van der Waals surface area contributed by atoms with E-state index in [2.05, 4.69) is 51.0 Å². The first-order valence-corrected chi connectivity index (χ1v) is 7.77. The van der Waals surface area contributed by atoms with E-state index in [-0.39, 0.29) is 6.10 Å². The summed E-state index contributed by atoms with van der Waals surface area (Å²) >= 11 is 0. The second-order valence-corrected chi connectivity index (χ2v) is 6.10. The number of aliphatic hydroxyl groups is 1. The highest BCUT2D eigenvalue weighted by atomic mass is 16.3. The summed E-state index contributed by atoms with van der Waals surface area (Å²) in [6, 6.07) is 8.87. The highest BCUT2D eigenvalue weighted by molar-refractivity contribution is 5.29. The van der Waals surface area contributed by atoms with Crippen molar-refractivity contribution < 1.29 is 5.11 Å². The molecule has 0 fully saturated rings. The van der Waals surface area contributed by atoms with E-state index in [0.717, 1.165) is 12.1 Å². The van der Waals surface area contributed by atoms with E-state index in [9.17, 15) is 5.11 Å². The summed E-state index contributed by atoms with van der Waals surface area (Å²) in [4.78, 5) is 0. The number of rotatable bonds is 6. The molecule has 2 rings (SSSR count). The number of nitrogens with zero attached hydrogens (tertiary/aromatic N) is 2. The van der Waals surface area contributed by atoms with Crippen LogP contribution in [0.15, 0.2) is 30.5 Å². The number of aryl methyl sites for hydroxylation is 2. The molecule has 2 unspecified atom stereocenters. The Morgan fingerprint density at radius 3 is 2.43 bits per heavy atom. The quantitative estimate of drug-likeness (QED) is 0.881. The van der Waals surface area contributed by atoms with Gasteiger partial charge in [0.05, 0.1) is 11.8 Å². The van der Waals surface area contributed by atoms with Crippen LogP contribution in [-0.4, -0.2) is 21.0 Å². The Morgan fingerprint density at radius 2 is 1.81 bits per heavy atom. The van der Waals surface area contributed by atoms with Crippen molar-refractivity contribution in [2.75, 3.05) is 0 Å². The molecule has 3 heteroatoms. The number of hydrogen-bond donors (Lipinski definition) is 1. The summed E-state index contributed by atoms with van der Waals surface area (Å²) in [6.07, 6.45) is 3.97. The highest BCUT2D eigenvalue weighted by Gasteiger charge is 2.11. The molecule has 1 aromatic heterocycles. The molecule has 0 saturated carbocycles. The van der Waals surface area contributed by atoms with Crippen LogP contribution >= 0.6 is 0 Å². The summed E-state index contributed by atoms with van der Waals surface area (Å²) in [5, 5.41) is 14.8. The Hall–Kier alpha value is -1.61. The number of aromatic nitrogens is 2. The van der Waals surface area contributed by atoms with E-state index in [1.165, 1.54) is 16.7 Å². The third-order valence-electron chi connectivity index (χ3n) is 3.90. The third-order valence-corrected chi connectivity index (χ3v) is 3.90. The molecule has 2 aromatic rings. The van der Waals surface area contributed by atoms with Crippen molar-refractivity contribution in [1.82, 2.24) is 9.78 Å². The van der Waals surface area contributed by atoms with E-state index in [4.69, 9.17) is 0 Å². The lowest BCUT2D eigenvalue weighted by Gasteiger charge is -2.11. The Morgan fingerprint density at radius 1 is 1.14 bits per heavy atom. The molecule has 2 atom stereocenters. The first-order chi connectivity index (χ1) is 9.97. The molecule has 1 N–H and O–H groups in total. The van der Waals surface area contributed by atoms with Crippen LogP contribution in [0.1, 0.15) is 48.7 Å². The normalized spacial score (nSPS) is 14.1. The van der Waals surface area contributed by atoms with Gasteiger partial charge in [0.1, 0.15) is 0 Å². The molecule has 0 aliphatic carbocycles. The second kappa shape index (κ2) is 6.90. The van der Waals surface area contributed by atoms with Gasteiger partial charge >= 0.3 is 0 Å². The average Bonchev–Trinajstić information content (AvgIpc) is 2.84. The monoisotopic (exact) mass is 286 g/mol. The van der Waals surface area contributed by atoms with E-state index in [1.807, 2.05) is 16.9 Å². The fourth-order valence-corrected chi connectivity index (χ4v) is 2.69. The first-order valence-electron chi connectivity index (χ1n) is 7.77. The molecule has 0 saturated heterocycles. The minimum atomic E-state index is -0.383. The molecule has 0 radical (unpaired) electrons. The van der Waals surface area contributed by atoms with Crippen LogP contribution in [0, 0.1) is 13.8 Å². The SMILES string of the molecule is CCC(C)n1ccc(CC(O)Cc2cc(C)cc(C)c2)n1. The maximum atomic E-state index is 10.3. The third kappa shape index (κ3) is 4.43. The molecule has 21 heavy (non-hydrogen) atoms. The van der Waals surface area contributed by atoms with Crippen molar-refractivity contribution in [3.05, 3.63) is 52.8 Å². The van der Waals surface area contributed by atoms with Crippen LogP contribution in [0.25, 0.3) is 0 Å². The van der Waals surface area contributed by atoms with Gasteiger partial charge in [0.15, 0.2) is 0 Å². The number of hydrogen-bond acceptors (Lipinski definition) is 2. The lowest BCUT2D eigenvalue weighted by Crippen LogP contribution is -2.15. The van der Waals surface area contributed by atoms with Gasteiger partial charge in [-0.2, -0.15) is 5.10 Å². The van der Waals surface area contributed by atoms with Crippen LogP contribution in [-0.2, 0) is 12.8 Å². The van der Waals surface area contributed by atoms with Crippen LogP contribution in [0.4, 0.5) is 0 Å². The molecular formula is C18H26N2O. The molecular weight excluding hydrogens is 260 g/mol. The predicted molar refractivity (Wildman–Crippen MR) is 86.6 cm³/mol. The maximum Gasteiger partial charge on any atom is 0.0650 e. The van der Waals surface area contributed by atoms with Crippen molar-refractivity contribution in [2.45, 2.75) is 59.1 Å². The van der Waals surface area contributed by atoms with Gasteiger partial charge < -0.3 is 5.11 Å². The number of benzene rings is 1. The minimum Gasteiger partial charge on any atom is -0.392 e. The topological polar surface area (TPSA) is 38.0 Å². The van der Waals surface area contributed by atoms with Gasteiger partial charge in [-0.05, 0) is 45.2 Å². The van der Waals surface area contributed by atoms with E-state index >= 15 is 0 Å². The van der Waals surface area contributed by atoms with Crippen LogP contribution < -0.4 is 0 Å². The fraction of sp³-hybridized carbons (Fsp3) is 0.500. The van der Waals surface area contributed by atoms with E-state index in [0.29, 0.717) is 18.9 Å². The average molecular weight is 286 g/mol. The van der Waals surface area contributed by atoms with Crippen molar-refractivity contribution in [1.29, 1.82) is 0 Å². The highest BCUT2D eigenvalue weighted by Crippen LogP contribution is 2.14. The minimum absolute atomic E-state index is 0.383. The van der Waals surface area contributed by atoms with Crippen molar-refractivity contribution >= 4 is 0 Å². The molecule has 3 nitrogen and oxygen atoms in total. The van der Waals surface area contributed by atoms with Gasteiger partial charge in [-0.3, -0.25) is 4.68 Å². The molecule has 114 valence electrons. The standard InChI is InChI=1S/C18H26N2O/c1-5-15(4)20-7-6-17(19-20)12-18(21)11-16-9-13(2)8-14(3)10-16/h6-10,15,18,21H,5,11-12H2,1-4H3. The maximum absolute atomic E-state index is 10.3. The first kappa shape index (κ1) is 15.8. The van der Waals surface area contributed by atoms with Crippen molar-refractivity contribution in [3.63, 3.8) is 0 Å². The summed E-state index contributed by atoms with van der Waals surface area (Å²) in [6.45, 7) is 8.50. The molecule has 0 aliphatic rings. The van der Waals surface area contributed by atoms with Gasteiger partial charge in [0, 0.05) is 18.7 Å². The van der Waals surface area contributed by atoms with Crippen LogP contribution in [0.3, 0.4) is 0 Å². The smallest absolute Gasteiger partial charge is 0.0650 e. The van der Waals surface area contributed by atoms with E-state index < -0.39 is 0 Å². The van der Waals surface area contributed by atoms with Crippen LogP contribution in [0.2, 0.25) is 0 Å². The van der Waals surface area contributed by atoms with Crippen molar-refractivity contribution in [2.24, 2.45) is 0 Å². The summed E-state index contributed by atoms with van der Waals surface area (Å²) in [7, 11) is 0. The Balaban J connectivity index is 1.98. The Kier molecular flexibility index (Phi) is 5.18. The van der Waals surface area contributed by atoms with Gasteiger partial charge in [-0.15, -0.1) is 0 Å². The zero-order chi connectivity index (χ0) is 15.4. The Labute approximate surface area is 127 Å².